The van der Waals surface area contributed by atoms with Crippen LogP contribution in [-0.2, 0) is 14.3 Å². The van der Waals surface area contributed by atoms with Crippen LogP contribution in [0.2, 0.25) is 0 Å². The van der Waals surface area contributed by atoms with E-state index in [1.165, 1.54) is 4.90 Å². The lowest BCUT2D eigenvalue weighted by molar-refractivity contribution is -0.141. The summed E-state index contributed by atoms with van der Waals surface area (Å²) >= 11 is 0. The number of ether oxygens (including phenoxy) is 1. The maximum Gasteiger partial charge on any atom is 0.247 e. The van der Waals surface area contributed by atoms with E-state index in [1.807, 2.05) is 13.8 Å². The molecule has 2 amide bonds. The standard InChI is InChI=1S/C13H22N2O3/c1-9(2)15-11(16)8-10(12(15)17)14-13(3)4-6-18-7-5-13/h9-10,14H,4-8H2,1-3H3. The van der Waals surface area contributed by atoms with Gasteiger partial charge in [0.15, 0.2) is 0 Å². The van der Waals surface area contributed by atoms with Gasteiger partial charge in [-0.3, -0.25) is 19.8 Å². The molecule has 0 aliphatic carbocycles. The van der Waals surface area contributed by atoms with Crippen LogP contribution in [0.15, 0.2) is 0 Å². The summed E-state index contributed by atoms with van der Waals surface area (Å²) in [5.41, 5.74) is -0.0914. The van der Waals surface area contributed by atoms with Crippen molar-refractivity contribution in [3.63, 3.8) is 0 Å². The van der Waals surface area contributed by atoms with E-state index in [1.54, 1.807) is 0 Å². The molecule has 2 aliphatic heterocycles. The maximum absolute atomic E-state index is 12.2. The van der Waals surface area contributed by atoms with Crippen molar-refractivity contribution in [2.45, 2.75) is 57.7 Å². The van der Waals surface area contributed by atoms with E-state index in [4.69, 9.17) is 4.74 Å². The molecule has 18 heavy (non-hydrogen) atoms. The monoisotopic (exact) mass is 254 g/mol. The zero-order valence-corrected chi connectivity index (χ0v) is 11.4. The Labute approximate surface area is 108 Å². The fourth-order valence-electron chi connectivity index (χ4n) is 2.69. The Bertz CT molecular complexity index is 348. The number of nitrogens with one attached hydrogen (secondary N) is 1. The molecule has 2 fully saturated rings. The Morgan fingerprint density at radius 3 is 2.44 bits per heavy atom. The second-order valence-electron chi connectivity index (χ2n) is 5.77. The molecule has 2 heterocycles. The van der Waals surface area contributed by atoms with Gasteiger partial charge in [-0.05, 0) is 33.6 Å². The molecule has 0 radical (unpaired) electrons. The van der Waals surface area contributed by atoms with Gasteiger partial charge in [-0.25, -0.2) is 0 Å². The van der Waals surface area contributed by atoms with Crippen molar-refractivity contribution in [3.05, 3.63) is 0 Å². The van der Waals surface area contributed by atoms with Crippen LogP contribution in [0.5, 0.6) is 0 Å². The molecule has 0 spiro atoms. The van der Waals surface area contributed by atoms with Crippen LogP contribution in [-0.4, -0.2) is 47.6 Å². The van der Waals surface area contributed by atoms with Crippen LogP contribution in [0.3, 0.4) is 0 Å². The number of hydrogen-bond donors (Lipinski definition) is 1. The van der Waals surface area contributed by atoms with E-state index in [-0.39, 0.29) is 35.9 Å². The van der Waals surface area contributed by atoms with Gasteiger partial charge in [0.1, 0.15) is 0 Å². The van der Waals surface area contributed by atoms with E-state index in [9.17, 15) is 9.59 Å². The first-order valence-corrected chi connectivity index (χ1v) is 6.64. The summed E-state index contributed by atoms with van der Waals surface area (Å²) in [5, 5.41) is 3.37. The van der Waals surface area contributed by atoms with Gasteiger partial charge in [-0.1, -0.05) is 0 Å². The van der Waals surface area contributed by atoms with Crippen LogP contribution in [0, 0.1) is 0 Å². The SMILES string of the molecule is CC(C)N1C(=O)CC(NC2(C)CCOCC2)C1=O. The van der Waals surface area contributed by atoms with Crippen LogP contribution in [0.4, 0.5) is 0 Å². The average molecular weight is 254 g/mol. The molecule has 1 unspecified atom stereocenters. The number of carbonyl (C=O) groups excluding carboxylic acids is 2. The Kier molecular flexibility index (Phi) is 3.73. The molecule has 0 aromatic carbocycles. The number of carbonyl (C=O) groups is 2. The highest BCUT2D eigenvalue weighted by Crippen LogP contribution is 2.24. The summed E-state index contributed by atoms with van der Waals surface area (Å²) in [6, 6.07) is -0.415. The van der Waals surface area contributed by atoms with E-state index < -0.39 is 0 Å². The van der Waals surface area contributed by atoms with E-state index in [2.05, 4.69) is 12.2 Å². The highest BCUT2D eigenvalue weighted by molar-refractivity contribution is 6.05. The quantitative estimate of drug-likeness (QED) is 0.753. The lowest BCUT2D eigenvalue weighted by Crippen LogP contribution is -2.54. The largest absolute Gasteiger partial charge is 0.381 e. The third kappa shape index (κ3) is 2.57. The van der Waals surface area contributed by atoms with Crippen LogP contribution in [0.1, 0.15) is 40.0 Å². The minimum atomic E-state index is -0.358. The Balaban J connectivity index is 2.02. The van der Waals surface area contributed by atoms with Crippen molar-refractivity contribution >= 4 is 11.8 Å². The molecule has 102 valence electrons. The normalized spacial score (nSPS) is 28.2. The van der Waals surface area contributed by atoms with E-state index >= 15 is 0 Å². The molecule has 5 heteroatoms. The predicted octanol–water partition coefficient (Wildman–Crippen LogP) is 0.681. The third-order valence-electron chi connectivity index (χ3n) is 3.82. The number of nitrogens with zero attached hydrogens (tertiary/aromatic N) is 1. The third-order valence-corrected chi connectivity index (χ3v) is 3.82. The lowest BCUT2D eigenvalue weighted by atomic mass is 9.91. The number of imide groups is 1. The summed E-state index contributed by atoms with van der Waals surface area (Å²) in [6.45, 7) is 7.27. The van der Waals surface area contributed by atoms with Gasteiger partial charge in [0.2, 0.25) is 11.8 Å². The van der Waals surface area contributed by atoms with Gasteiger partial charge < -0.3 is 4.74 Å². The minimum Gasteiger partial charge on any atom is -0.381 e. The van der Waals surface area contributed by atoms with Gasteiger partial charge in [0, 0.05) is 24.8 Å². The van der Waals surface area contributed by atoms with Crippen molar-refractivity contribution in [1.29, 1.82) is 0 Å². The summed E-state index contributed by atoms with van der Waals surface area (Å²) in [5.74, 6) is -0.147. The molecule has 1 atom stereocenters. The highest BCUT2D eigenvalue weighted by Gasteiger charge is 2.43. The Morgan fingerprint density at radius 2 is 1.94 bits per heavy atom. The van der Waals surface area contributed by atoms with Crippen LogP contribution < -0.4 is 5.32 Å². The Hall–Kier alpha value is -0.940. The molecule has 0 aromatic rings. The molecular weight excluding hydrogens is 232 g/mol. The highest BCUT2D eigenvalue weighted by atomic mass is 16.5. The van der Waals surface area contributed by atoms with Crippen LogP contribution >= 0.6 is 0 Å². The van der Waals surface area contributed by atoms with Crippen molar-refractivity contribution in [2.24, 2.45) is 0 Å². The van der Waals surface area contributed by atoms with Gasteiger partial charge in [0.25, 0.3) is 0 Å². The summed E-state index contributed by atoms with van der Waals surface area (Å²) in [7, 11) is 0. The van der Waals surface area contributed by atoms with Crippen LogP contribution in [0.25, 0.3) is 0 Å². The van der Waals surface area contributed by atoms with Gasteiger partial charge in [0.05, 0.1) is 12.5 Å². The molecule has 2 saturated heterocycles. The number of hydrogen-bond acceptors (Lipinski definition) is 4. The summed E-state index contributed by atoms with van der Waals surface area (Å²) in [6.07, 6.45) is 2.05. The number of likely N-dealkylation sites (tertiary alicyclic amines) is 1. The molecular formula is C13H22N2O3. The number of amides is 2. The lowest BCUT2D eigenvalue weighted by Gasteiger charge is -2.36. The molecule has 0 saturated carbocycles. The van der Waals surface area contributed by atoms with Crippen molar-refractivity contribution in [3.8, 4) is 0 Å². The van der Waals surface area contributed by atoms with Crippen molar-refractivity contribution < 1.29 is 14.3 Å². The zero-order valence-electron chi connectivity index (χ0n) is 11.4. The summed E-state index contributed by atoms with van der Waals surface area (Å²) in [4.78, 5) is 25.4. The average Bonchev–Trinajstić information content (AvgIpc) is 2.54. The van der Waals surface area contributed by atoms with Gasteiger partial charge in [-0.15, -0.1) is 0 Å². The fraction of sp³-hybridized carbons (Fsp3) is 0.846. The summed E-state index contributed by atoms with van der Waals surface area (Å²) < 4.78 is 5.33. The Morgan fingerprint density at radius 1 is 1.33 bits per heavy atom. The van der Waals surface area contributed by atoms with Crippen molar-refractivity contribution in [2.75, 3.05) is 13.2 Å². The molecule has 1 N–H and O–H groups in total. The molecule has 2 rings (SSSR count). The fourth-order valence-corrected chi connectivity index (χ4v) is 2.69. The minimum absolute atomic E-state index is 0.0562. The molecule has 0 aromatic heterocycles. The second-order valence-corrected chi connectivity index (χ2v) is 5.77. The van der Waals surface area contributed by atoms with E-state index in [0.29, 0.717) is 13.2 Å². The molecule has 5 nitrogen and oxygen atoms in total. The number of rotatable bonds is 3. The first kappa shape index (κ1) is 13.5. The predicted molar refractivity (Wildman–Crippen MR) is 67.0 cm³/mol. The van der Waals surface area contributed by atoms with Crippen molar-refractivity contribution in [1.82, 2.24) is 10.2 Å². The first-order chi connectivity index (χ1) is 8.43. The molecule has 2 aliphatic rings. The van der Waals surface area contributed by atoms with Gasteiger partial charge >= 0.3 is 0 Å². The smallest absolute Gasteiger partial charge is 0.247 e. The topological polar surface area (TPSA) is 58.6 Å². The van der Waals surface area contributed by atoms with E-state index in [0.717, 1.165) is 12.8 Å². The maximum atomic E-state index is 12.2. The first-order valence-electron chi connectivity index (χ1n) is 6.64. The second kappa shape index (κ2) is 4.97. The molecule has 0 bridgehead atoms. The van der Waals surface area contributed by atoms with Gasteiger partial charge in [-0.2, -0.15) is 0 Å². The zero-order chi connectivity index (χ0) is 13.3.